The number of nitro groups is 1. The number of ether oxygens (including phenoxy) is 2. The summed E-state index contributed by atoms with van der Waals surface area (Å²) in [6.07, 6.45) is -0.205. The lowest BCUT2D eigenvalue weighted by Crippen LogP contribution is -2.53. The molecule has 2 aromatic rings. The van der Waals surface area contributed by atoms with Gasteiger partial charge in [0.15, 0.2) is 0 Å². The lowest BCUT2D eigenvalue weighted by atomic mass is 10.1. The molecule has 1 aliphatic heterocycles. The molecule has 9 heteroatoms. The molecule has 0 unspecified atom stereocenters. The number of anilines is 1. The number of hydrogen-bond donors (Lipinski definition) is 2. The van der Waals surface area contributed by atoms with Gasteiger partial charge < -0.3 is 20.1 Å². The SMILES string of the molecule is C[C@H]1OCCN[C@@H]1C(=O)Nc1cccc(Oc2ccc([N+](=O)[O-])cc2)c1.Cl. The van der Waals surface area contributed by atoms with Gasteiger partial charge in [0.25, 0.3) is 5.69 Å². The molecule has 1 aliphatic rings. The molecule has 0 aliphatic carbocycles. The first-order valence-electron chi connectivity index (χ1n) is 8.21. The summed E-state index contributed by atoms with van der Waals surface area (Å²) in [5.74, 6) is 0.803. The monoisotopic (exact) mass is 393 g/mol. The maximum atomic E-state index is 12.4. The van der Waals surface area contributed by atoms with Gasteiger partial charge in [-0.2, -0.15) is 0 Å². The molecule has 0 saturated carbocycles. The Bertz CT molecular complexity index is 800. The van der Waals surface area contributed by atoms with E-state index in [2.05, 4.69) is 10.6 Å². The Morgan fingerprint density at radius 1 is 1.26 bits per heavy atom. The third kappa shape index (κ3) is 5.40. The quantitative estimate of drug-likeness (QED) is 0.597. The molecule has 2 aromatic carbocycles. The van der Waals surface area contributed by atoms with E-state index in [-0.39, 0.29) is 30.1 Å². The van der Waals surface area contributed by atoms with Gasteiger partial charge in [-0.1, -0.05) is 6.07 Å². The molecule has 1 saturated heterocycles. The van der Waals surface area contributed by atoms with Gasteiger partial charge in [0.05, 0.1) is 17.6 Å². The third-order valence-electron chi connectivity index (χ3n) is 3.98. The summed E-state index contributed by atoms with van der Waals surface area (Å²) in [4.78, 5) is 22.6. The van der Waals surface area contributed by atoms with Crippen molar-refractivity contribution in [2.75, 3.05) is 18.5 Å². The van der Waals surface area contributed by atoms with E-state index in [1.165, 1.54) is 24.3 Å². The van der Waals surface area contributed by atoms with Crippen molar-refractivity contribution < 1.29 is 19.2 Å². The summed E-state index contributed by atoms with van der Waals surface area (Å²) in [5.41, 5.74) is 0.587. The zero-order valence-corrected chi connectivity index (χ0v) is 15.4. The predicted molar refractivity (Wildman–Crippen MR) is 103 cm³/mol. The molecule has 0 aromatic heterocycles. The molecule has 1 fully saturated rings. The van der Waals surface area contributed by atoms with Crippen LogP contribution in [-0.2, 0) is 9.53 Å². The number of morpholine rings is 1. The Balaban J connectivity index is 0.00000261. The van der Waals surface area contributed by atoms with Crippen LogP contribution in [-0.4, -0.2) is 36.1 Å². The summed E-state index contributed by atoms with van der Waals surface area (Å²) < 4.78 is 11.2. The summed E-state index contributed by atoms with van der Waals surface area (Å²) in [6.45, 7) is 3.07. The zero-order valence-electron chi connectivity index (χ0n) is 14.6. The lowest BCUT2D eigenvalue weighted by Gasteiger charge is -2.29. The zero-order chi connectivity index (χ0) is 18.5. The summed E-state index contributed by atoms with van der Waals surface area (Å²) in [5, 5.41) is 16.7. The molecule has 0 spiro atoms. The minimum Gasteiger partial charge on any atom is -0.457 e. The number of carbonyl (C=O) groups is 1. The molecule has 8 nitrogen and oxygen atoms in total. The van der Waals surface area contributed by atoms with Crippen molar-refractivity contribution in [3.05, 3.63) is 58.6 Å². The molecule has 2 atom stereocenters. The molecule has 0 bridgehead atoms. The molecule has 0 radical (unpaired) electrons. The largest absolute Gasteiger partial charge is 0.457 e. The van der Waals surface area contributed by atoms with Crippen molar-refractivity contribution in [2.24, 2.45) is 0 Å². The van der Waals surface area contributed by atoms with E-state index in [4.69, 9.17) is 9.47 Å². The van der Waals surface area contributed by atoms with Gasteiger partial charge in [0.1, 0.15) is 17.5 Å². The van der Waals surface area contributed by atoms with Crippen molar-refractivity contribution in [1.82, 2.24) is 5.32 Å². The number of hydrogen-bond acceptors (Lipinski definition) is 6. The van der Waals surface area contributed by atoms with E-state index < -0.39 is 11.0 Å². The Morgan fingerprint density at radius 2 is 2.00 bits per heavy atom. The Labute approximate surface area is 162 Å². The number of carbonyl (C=O) groups excluding carboxylic acids is 1. The van der Waals surface area contributed by atoms with Crippen LogP contribution in [0.2, 0.25) is 0 Å². The standard InChI is InChI=1S/C18H19N3O5.ClH/c1-12-17(19-9-10-25-12)18(22)20-13-3-2-4-16(11-13)26-15-7-5-14(6-8-15)21(23)24;/h2-8,11-12,17,19H,9-10H2,1H3,(H,20,22);1H/t12-,17+;/m1./s1. The van der Waals surface area contributed by atoms with Gasteiger partial charge in [0, 0.05) is 30.4 Å². The summed E-state index contributed by atoms with van der Waals surface area (Å²) in [7, 11) is 0. The number of nitro benzene ring substituents is 1. The maximum absolute atomic E-state index is 12.4. The van der Waals surface area contributed by atoms with Crippen molar-refractivity contribution in [2.45, 2.75) is 19.1 Å². The number of amides is 1. The molecule has 27 heavy (non-hydrogen) atoms. The molecule has 144 valence electrons. The highest BCUT2D eigenvalue weighted by atomic mass is 35.5. The molecule has 1 amide bonds. The van der Waals surface area contributed by atoms with Gasteiger partial charge >= 0.3 is 0 Å². The number of rotatable bonds is 5. The average molecular weight is 394 g/mol. The molecule has 3 rings (SSSR count). The first-order chi connectivity index (χ1) is 12.5. The Morgan fingerprint density at radius 3 is 2.67 bits per heavy atom. The third-order valence-corrected chi connectivity index (χ3v) is 3.98. The van der Waals surface area contributed by atoms with Crippen LogP contribution in [0.4, 0.5) is 11.4 Å². The highest BCUT2D eigenvalue weighted by Gasteiger charge is 2.28. The van der Waals surface area contributed by atoms with E-state index in [0.717, 1.165) is 0 Å². The van der Waals surface area contributed by atoms with E-state index in [1.54, 1.807) is 24.3 Å². The highest BCUT2D eigenvalue weighted by Crippen LogP contribution is 2.26. The Hall–Kier alpha value is -2.68. The van der Waals surface area contributed by atoms with Gasteiger partial charge in [0.2, 0.25) is 5.91 Å². The average Bonchev–Trinajstić information content (AvgIpc) is 2.63. The molecular weight excluding hydrogens is 374 g/mol. The number of non-ortho nitro benzene ring substituents is 1. The van der Waals surface area contributed by atoms with Gasteiger partial charge in [-0.3, -0.25) is 14.9 Å². The van der Waals surface area contributed by atoms with Crippen molar-refractivity contribution in [3.8, 4) is 11.5 Å². The van der Waals surface area contributed by atoms with Crippen LogP contribution in [0, 0.1) is 10.1 Å². The molecular formula is C18H20ClN3O5. The summed E-state index contributed by atoms with van der Waals surface area (Å²) >= 11 is 0. The second kappa shape index (κ2) is 9.31. The number of halogens is 1. The topological polar surface area (TPSA) is 103 Å². The molecule has 2 N–H and O–H groups in total. The minimum absolute atomic E-state index is 0. The predicted octanol–water partition coefficient (Wildman–Crippen LogP) is 3.12. The number of nitrogens with zero attached hydrogens (tertiary/aromatic N) is 1. The van der Waals surface area contributed by atoms with E-state index in [0.29, 0.717) is 30.3 Å². The van der Waals surface area contributed by atoms with E-state index in [1.807, 2.05) is 6.92 Å². The highest BCUT2D eigenvalue weighted by molar-refractivity contribution is 5.95. The smallest absolute Gasteiger partial charge is 0.269 e. The fourth-order valence-corrected chi connectivity index (χ4v) is 2.66. The van der Waals surface area contributed by atoms with Crippen molar-refractivity contribution in [3.63, 3.8) is 0 Å². The minimum atomic E-state index is -0.468. The van der Waals surface area contributed by atoms with E-state index >= 15 is 0 Å². The normalized spacial score (nSPS) is 18.9. The van der Waals surface area contributed by atoms with Crippen LogP contribution in [0.5, 0.6) is 11.5 Å². The van der Waals surface area contributed by atoms with Gasteiger partial charge in [-0.15, -0.1) is 12.4 Å². The van der Waals surface area contributed by atoms with Crippen LogP contribution >= 0.6 is 12.4 Å². The van der Waals surface area contributed by atoms with Crippen molar-refractivity contribution in [1.29, 1.82) is 0 Å². The maximum Gasteiger partial charge on any atom is 0.269 e. The van der Waals surface area contributed by atoms with E-state index in [9.17, 15) is 14.9 Å². The number of benzene rings is 2. The van der Waals surface area contributed by atoms with Gasteiger partial charge in [-0.25, -0.2) is 0 Å². The fraction of sp³-hybridized carbons (Fsp3) is 0.278. The van der Waals surface area contributed by atoms with Crippen LogP contribution in [0.3, 0.4) is 0 Å². The van der Waals surface area contributed by atoms with Crippen LogP contribution < -0.4 is 15.4 Å². The van der Waals surface area contributed by atoms with Gasteiger partial charge in [-0.05, 0) is 31.2 Å². The Kier molecular flexibility index (Phi) is 7.12. The lowest BCUT2D eigenvalue weighted by molar-refractivity contribution is -0.384. The molecule has 1 heterocycles. The van der Waals surface area contributed by atoms with Crippen LogP contribution in [0.1, 0.15) is 6.92 Å². The first-order valence-corrected chi connectivity index (χ1v) is 8.21. The van der Waals surface area contributed by atoms with Crippen LogP contribution in [0.15, 0.2) is 48.5 Å². The second-order valence-electron chi connectivity index (χ2n) is 5.88. The second-order valence-corrected chi connectivity index (χ2v) is 5.88. The fourth-order valence-electron chi connectivity index (χ4n) is 2.66. The number of nitrogens with one attached hydrogen (secondary N) is 2. The van der Waals surface area contributed by atoms with Crippen LogP contribution in [0.25, 0.3) is 0 Å². The van der Waals surface area contributed by atoms with Crippen molar-refractivity contribution >= 4 is 29.7 Å². The first kappa shape index (κ1) is 20.6. The summed E-state index contributed by atoms with van der Waals surface area (Å²) in [6, 6.07) is 12.3.